The van der Waals surface area contributed by atoms with Crippen LogP contribution < -0.4 is 4.90 Å². The first-order valence-electron chi connectivity index (χ1n) is 9.32. The number of benzene rings is 1. The Morgan fingerprint density at radius 3 is 2.50 bits per heavy atom. The summed E-state index contributed by atoms with van der Waals surface area (Å²) in [5, 5.41) is 9.77. The second kappa shape index (κ2) is 7.24. The summed E-state index contributed by atoms with van der Waals surface area (Å²) in [6, 6.07) is 8.45. The quantitative estimate of drug-likeness (QED) is 0.927. The number of aryl methyl sites for hydroxylation is 1. The minimum atomic E-state index is -0.243. The minimum absolute atomic E-state index is 0.103. The average molecular weight is 330 g/mol. The van der Waals surface area contributed by atoms with Gasteiger partial charge in [-0.3, -0.25) is 9.69 Å². The largest absolute Gasteiger partial charge is 0.393 e. The first kappa shape index (κ1) is 17.4. The van der Waals surface area contributed by atoms with E-state index in [1.807, 2.05) is 24.8 Å². The van der Waals surface area contributed by atoms with Gasteiger partial charge < -0.3 is 10.0 Å². The number of nitrogens with zero attached hydrogens (tertiary/aromatic N) is 2. The summed E-state index contributed by atoms with van der Waals surface area (Å²) in [5.74, 6) is 0.586. The SMILES string of the molecule is CC(O)C1CCN(C(C)C(=O)N2c3ccccc3CCC2C)CC1. The van der Waals surface area contributed by atoms with Gasteiger partial charge in [0.2, 0.25) is 5.91 Å². The lowest BCUT2D eigenvalue weighted by Gasteiger charge is -2.41. The maximum absolute atomic E-state index is 13.2. The van der Waals surface area contributed by atoms with Crippen molar-refractivity contribution >= 4 is 11.6 Å². The predicted octanol–water partition coefficient (Wildman–Crippen LogP) is 2.84. The zero-order valence-corrected chi connectivity index (χ0v) is 15.1. The molecule has 24 heavy (non-hydrogen) atoms. The maximum atomic E-state index is 13.2. The van der Waals surface area contributed by atoms with Crippen LogP contribution >= 0.6 is 0 Å². The van der Waals surface area contributed by atoms with Crippen LogP contribution in [0.4, 0.5) is 5.69 Å². The number of carbonyl (C=O) groups excluding carboxylic acids is 1. The van der Waals surface area contributed by atoms with Crippen molar-refractivity contribution in [2.24, 2.45) is 5.92 Å². The Morgan fingerprint density at radius 2 is 1.83 bits per heavy atom. The van der Waals surface area contributed by atoms with Crippen molar-refractivity contribution < 1.29 is 9.90 Å². The molecule has 1 saturated heterocycles. The fourth-order valence-electron chi connectivity index (χ4n) is 4.17. The second-order valence-corrected chi connectivity index (χ2v) is 7.51. The van der Waals surface area contributed by atoms with Gasteiger partial charge in [0.05, 0.1) is 12.1 Å². The summed E-state index contributed by atoms with van der Waals surface area (Å²) >= 11 is 0. The highest BCUT2D eigenvalue weighted by Gasteiger charge is 2.35. The molecule has 4 heteroatoms. The zero-order valence-electron chi connectivity index (χ0n) is 15.1. The van der Waals surface area contributed by atoms with E-state index in [9.17, 15) is 9.90 Å². The third kappa shape index (κ3) is 3.35. The van der Waals surface area contributed by atoms with Gasteiger partial charge in [0, 0.05) is 11.7 Å². The first-order valence-corrected chi connectivity index (χ1v) is 9.32. The molecule has 0 spiro atoms. The molecule has 4 nitrogen and oxygen atoms in total. The van der Waals surface area contributed by atoms with Crippen molar-refractivity contribution in [2.75, 3.05) is 18.0 Å². The molecule has 3 atom stereocenters. The Hall–Kier alpha value is -1.39. The summed E-state index contributed by atoms with van der Waals surface area (Å²) < 4.78 is 0. The van der Waals surface area contributed by atoms with Gasteiger partial charge in [-0.25, -0.2) is 0 Å². The van der Waals surface area contributed by atoms with Crippen molar-refractivity contribution in [3.05, 3.63) is 29.8 Å². The maximum Gasteiger partial charge on any atom is 0.244 e. The number of para-hydroxylation sites is 1. The molecule has 0 saturated carbocycles. The summed E-state index contributed by atoms with van der Waals surface area (Å²) in [6.07, 6.45) is 3.78. The Morgan fingerprint density at radius 1 is 1.17 bits per heavy atom. The number of hydrogen-bond donors (Lipinski definition) is 1. The summed E-state index contributed by atoms with van der Waals surface area (Å²) in [4.78, 5) is 17.5. The fourth-order valence-corrected chi connectivity index (χ4v) is 4.17. The van der Waals surface area contributed by atoms with Crippen LogP contribution in [0.25, 0.3) is 0 Å². The second-order valence-electron chi connectivity index (χ2n) is 7.51. The zero-order chi connectivity index (χ0) is 17.3. The lowest BCUT2D eigenvalue weighted by molar-refractivity contribution is -0.124. The highest BCUT2D eigenvalue weighted by atomic mass is 16.3. The standard InChI is InChI=1S/C20H30N2O2/c1-14-8-9-18-6-4-5-7-19(18)22(14)20(24)15(2)21-12-10-17(11-13-21)16(3)23/h4-7,14-17,23H,8-13H2,1-3H3. The van der Waals surface area contributed by atoms with Gasteiger partial charge in [-0.1, -0.05) is 18.2 Å². The number of fused-ring (bicyclic) bond motifs is 1. The van der Waals surface area contributed by atoms with Crippen LogP contribution in [0.1, 0.15) is 45.6 Å². The molecule has 1 N–H and O–H groups in total. The van der Waals surface area contributed by atoms with Gasteiger partial charge in [0.15, 0.2) is 0 Å². The molecule has 1 aromatic carbocycles. The number of rotatable bonds is 3. The van der Waals surface area contributed by atoms with Crippen LogP contribution in [-0.4, -0.2) is 47.2 Å². The van der Waals surface area contributed by atoms with Gasteiger partial charge in [-0.05, 0) is 77.1 Å². The van der Waals surface area contributed by atoms with E-state index in [2.05, 4.69) is 30.0 Å². The molecular formula is C20H30N2O2. The van der Waals surface area contributed by atoms with Crippen LogP contribution in [0.2, 0.25) is 0 Å². The minimum Gasteiger partial charge on any atom is -0.393 e. The molecule has 3 unspecified atom stereocenters. The normalized spacial score (nSPS) is 25.2. The highest BCUT2D eigenvalue weighted by molar-refractivity contribution is 5.98. The van der Waals surface area contributed by atoms with Gasteiger partial charge in [-0.15, -0.1) is 0 Å². The molecule has 0 aromatic heterocycles. The fraction of sp³-hybridized carbons (Fsp3) is 0.650. The Kier molecular flexibility index (Phi) is 5.26. The lowest BCUT2D eigenvalue weighted by Crippen LogP contribution is -2.53. The average Bonchev–Trinajstić information content (AvgIpc) is 2.60. The third-order valence-corrected chi connectivity index (χ3v) is 5.92. The number of likely N-dealkylation sites (tertiary alicyclic amines) is 1. The Bertz CT molecular complexity index is 579. The molecule has 1 fully saturated rings. The monoisotopic (exact) mass is 330 g/mol. The first-order chi connectivity index (χ1) is 11.5. The molecule has 2 heterocycles. The molecule has 2 aliphatic rings. The number of aliphatic hydroxyl groups excluding tert-OH is 1. The number of anilines is 1. The van der Waals surface area contributed by atoms with Gasteiger partial charge in [-0.2, -0.15) is 0 Å². The molecular weight excluding hydrogens is 300 g/mol. The number of carbonyl (C=O) groups is 1. The Balaban J connectivity index is 1.72. The molecule has 132 valence electrons. The third-order valence-electron chi connectivity index (χ3n) is 5.92. The van der Waals surface area contributed by atoms with E-state index in [-0.39, 0.29) is 24.1 Å². The molecule has 0 bridgehead atoms. The van der Waals surface area contributed by atoms with E-state index in [1.54, 1.807) is 0 Å². The van der Waals surface area contributed by atoms with Crippen molar-refractivity contribution in [1.29, 1.82) is 0 Å². The molecule has 3 rings (SSSR count). The van der Waals surface area contributed by atoms with Crippen molar-refractivity contribution in [3.8, 4) is 0 Å². The summed E-state index contributed by atoms with van der Waals surface area (Å²) in [6.45, 7) is 7.86. The lowest BCUT2D eigenvalue weighted by atomic mass is 9.91. The van der Waals surface area contributed by atoms with Gasteiger partial charge in [0.25, 0.3) is 0 Å². The van der Waals surface area contributed by atoms with Crippen LogP contribution in [0.3, 0.4) is 0 Å². The van der Waals surface area contributed by atoms with Gasteiger partial charge in [0.1, 0.15) is 0 Å². The highest BCUT2D eigenvalue weighted by Crippen LogP contribution is 2.32. The van der Waals surface area contributed by atoms with Crippen LogP contribution in [-0.2, 0) is 11.2 Å². The molecule has 1 aromatic rings. The molecule has 0 aliphatic carbocycles. The topological polar surface area (TPSA) is 43.8 Å². The number of amides is 1. The van der Waals surface area contributed by atoms with Crippen molar-refractivity contribution in [3.63, 3.8) is 0 Å². The van der Waals surface area contributed by atoms with Gasteiger partial charge >= 0.3 is 0 Å². The van der Waals surface area contributed by atoms with Crippen LogP contribution in [0.15, 0.2) is 24.3 Å². The van der Waals surface area contributed by atoms with Crippen LogP contribution in [0, 0.1) is 5.92 Å². The molecule has 2 aliphatic heterocycles. The van der Waals surface area contributed by atoms with E-state index >= 15 is 0 Å². The Labute approximate surface area is 145 Å². The molecule has 1 amide bonds. The van der Waals surface area contributed by atoms with E-state index in [0.29, 0.717) is 5.92 Å². The van der Waals surface area contributed by atoms with Crippen LogP contribution in [0.5, 0.6) is 0 Å². The smallest absolute Gasteiger partial charge is 0.244 e. The van der Waals surface area contributed by atoms with E-state index < -0.39 is 0 Å². The van der Waals surface area contributed by atoms with E-state index in [1.165, 1.54) is 5.56 Å². The number of hydrogen-bond acceptors (Lipinski definition) is 3. The predicted molar refractivity (Wildman–Crippen MR) is 97.2 cm³/mol. The van der Waals surface area contributed by atoms with E-state index in [4.69, 9.17) is 0 Å². The molecule has 0 radical (unpaired) electrons. The van der Waals surface area contributed by atoms with Crippen molar-refractivity contribution in [1.82, 2.24) is 4.90 Å². The number of aliphatic hydroxyl groups is 1. The van der Waals surface area contributed by atoms with E-state index in [0.717, 1.165) is 44.5 Å². The van der Waals surface area contributed by atoms with Crippen molar-refractivity contribution in [2.45, 2.75) is 64.6 Å². The summed E-state index contributed by atoms with van der Waals surface area (Å²) in [5.41, 5.74) is 2.37. The summed E-state index contributed by atoms with van der Waals surface area (Å²) in [7, 11) is 0. The number of piperidine rings is 1.